The maximum Gasteiger partial charge on any atom is 0.201 e. The first-order chi connectivity index (χ1) is 12.6. The van der Waals surface area contributed by atoms with Crippen molar-refractivity contribution in [3.63, 3.8) is 0 Å². The number of fused-ring (bicyclic) bond motifs is 1. The molecule has 0 radical (unpaired) electrons. The molecule has 0 unspecified atom stereocenters. The first-order valence-electron chi connectivity index (χ1n) is 8.02. The second kappa shape index (κ2) is 7.79. The van der Waals surface area contributed by atoms with Crippen molar-refractivity contribution in [3.05, 3.63) is 89.3 Å². The molecule has 1 nitrogen and oxygen atoms in total. The summed E-state index contributed by atoms with van der Waals surface area (Å²) in [5, 5.41) is 1.56. The molecule has 3 aromatic rings. The molecule has 0 saturated heterocycles. The molecule has 0 fully saturated rings. The molecule has 3 aromatic carbocycles. The van der Waals surface area contributed by atoms with Gasteiger partial charge in [0.05, 0.1) is 5.56 Å². The van der Waals surface area contributed by atoms with Crippen LogP contribution < -0.4 is 4.74 Å². The highest BCUT2D eigenvalue weighted by atomic mass is 19.2. The summed E-state index contributed by atoms with van der Waals surface area (Å²) in [5.74, 6) is 2.87. The number of hydrogen-bond donors (Lipinski definition) is 0. The van der Waals surface area contributed by atoms with Gasteiger partial charge < -0.3 is 4.74 Å². The van der Waals surface area contributed by atoms with Crippen LogP contribution >= 0.6 is 0 Å². The molecule has 0 aliphatic rings. The Balaban J connectivity index is 1.87. The van der Waals surface area contributed by atoms with E-state index >= 15 is 0 Å². The van der Waals surface area contributed by atoms with Crippen LogP contribution in [-0.4, -0.2) is 6.61 Å². The standard InChI is InChI=1S/C22H15F3O/c1-2-3-12-26-20-11-9-16(21(24)22(20)25)6-4-15-5-7-18-14-19(23)10-8-17(18)13-15/h2-3,5,7-11,13-14H,12H2,1H3/b3-2+. The molecule has 0 amide bonds. The average Bonchev–Trinajstić information content (AvgIpc) is 2.64. The molecule has 26 heavy (non-hydrogen) atoms. The number of halogens is 3. The van der Waals surface area contributed by atoms with Crippen molar-refractivity contribution in [2.75, 3.05) is 6.61 Å². The fourth-order valence-electron chi connectivity index (χ4n) is 2.41. The van der Waals surface area contributed by atoms with Crippen LogP contribution in [0.2, 0.25) is 0 Å². The summed E-state index contributed by atoms with van der Waals surface area (Å²) in [7, 11) is 0. The van der Waals surface area contributed by atoms with Crippen LogP contribution in [0.25, 0.3) is 10.8 Å². The Morgan fingerprint density at radius 1 is 0.885 bits per heavy atom. The summed E-state index contributed by atoms with van der Waals surface area (Å²) < 4.78 is 46.5. The van der Waals surface area contributed by atoms with Gasteiger partial charge in [0.1, 0.15) is 12.4 Å². The van der Waals surface area contributed by atoms with Gasteiger partial charge >= 0.3 is 0 Å². The lowest BCUT2D eigenvalue weighted by Crippen LogP contribution is -1.99. The third-order valence-electron chi connectivity index (χ3n) is 3.76. The van der Waals surface area contributed by atoms with E-state index in [1.165, 1.54) is 24.3 Å². The van der Waals surface area contributed by atoms with Gasteiger partial charge in [0.15, 0.2) is 11.6 Å². The highest BCUT2D eigenvalue weighted by Crippen LogP contribution is 2.23. The summed E-state index contributed by atoms with van der Waals surface area (Å²) in [4.78, 5) is 0. The minimum atomic E-state index is -1.06. The normalized spacial score (nSPS) is 10.8. The molecule has 0 bridgehead atoms. The van der Waals surface area contributed by atoms with Gasteiger partial charge in [-0.3, -0.25) is 0 Å². The Kier molecular flexibility index (Phi) is 5.28. The van der Waals surface area contributed by atoms with E-state index in [1.54, 1.807) is 36.4 Å². The highest BCUT2D eigenvalue weighted by Gasteiger charge is 2.13. The second-order valence-electron chi connectivity index (χ2n) is 5.58. The molecule has 3 rings (SSSR count). The van der Waals surface area contributed by atoms with E-state index in [9.17, 15) is 13.2 Å². The maximum absolute atomic E-state index is 14.2. The van der Waals surface area contributed by atoms with Crippen LogP contribution in [0, 0.1) is 29.3 Å². The Hall–Kier alpha value is -3.19. The SMILES string of the molecule is C/C=C/COc1ccc(C#Cc2ccc3cc(F)ccc3c2)c(F)c1F. The lowest BCUT2D eigenvalue weighted by atomic mass is 10.1. The van der Waals surface area contributed by atoms with Gasteiger partial charge in [-0.15, -0.1) is 0 Å². The van der Waals surface area contributed by atoms with Gasteiger partial charge in [0, 0.05) is 5.56 Å². The van der Waals surface area contributed by atoms with E-state index < -0.39 is 11.6 Å². The third kappa shape index (κ3) is 3.89. The van der Waals surface area contributed by atoms with Crippen LogP contribution in [-0.2, 0) is 0 Å². The summed E-state index contributed by atoms with van der Waals surface area (Å²) in [5.41, 5.74) is 0.567. The molecule has 0 aromatic heterocycles. The smallest absolute Gasteiger partial charge is 0.201 e. The van der Waals surface area contributed by atoms with E-state index in [0.29, 0.717) is 5.56 Å². The van der Waals surface area contributed by atoms with Crippen LogP contribution in [0.3, 0.4) is 0 Å². The van der Waals surface area contributed by atoms with Crippen molar-refractivity contribution in [1.82, 2.24) is 0 Å². The molecule has 0 spiro atoms. The lowest BCUT2D eigenvalue weighted by Gasteiger charge is -2.06. The van der Waals surface area contributed by atoms with E-state index in [-0.39, 0.29) is 23.7 Å². The largest absolute Gasteiger partial charge is 0.486 e. The zero-order chi connectivity index (χ0) is 18.5. The van der Waals surface area contributed by atoms with Crippen molar-refractivity contribution >= 4 is 10.8 Å². The molecule has 0 heterocycles. The third-order valence-corrected chi connectivity index (χ3v) is 3.76. The van der Waals surface area contributed by atoms with Crippen LogP contribution in [0.1, 0.15) is 18.1 Å². The first-order valence-corrected chi connectivity index (χ1v) is 8.02. The number of hydrogen-bond acceptors (Lipinski definition) is 1. The Bertz CT molecular complexity index is 1040. The van der Waals surface area contributed by atoms with Crippen molar-refractivity contribution in [2.45, 2.75) is 6.92 Å². The van der Waals surface area contributed by atoms with Gasteiger partial charge in [-0.25, -0.2) is 8.78 Å². The van der Waals surface area contributed by atoms with Crippen molar-refractivity contribution in [1.29, 1.82) is 0 Å². The zero-order valence-corrected chi connectivity index (χ0v) is 14.0. The van der Waals surface area contributed by atoms with Crippen LogP contribution in [0.4, 0.5) is 13.2 Å². The van der Waals surface area contributed by atoms with Gasteiger partial charge in [-0.1, -0.05) is 36.1 Å². The average molecular weight is 352 g/mol. The first kappa shape index (κ1) is 17.6. The number of ether oxygens (including phenoxy) is 1. The van der Waals surface area contributed by atoms with Gasteiger partial charge in [-0.2, -0.15) is 4.39 Å². The molecular formula is C22H15F3O. The molecule has 0 saturated carbocycles. The molecule has 4 heteroatoms. The number of allylic oxidation sites excluding steroid dienone is 1. The Morgan fingerprint density at radius 2 is 1.65 bits per heavy atom. The molecule has 130 valence electrons. The van der Waals surface area contributed by atoms with Gasteiger partial charge in [0.2, 0.25) is 5.82 Å². The predicted octanol–water partition coefficient (Wildman–Crippen LogP) is 5.61. The van der Waals surface area contributed by atoms with Crippen LogP contribution in [0.15, 0.2) is 60.7 Å². The second-order valence-corrected chi connectivity index (χ2v) is 5.58. The molecular weight excluding hydrogens is 337 g/mol. The van der Waals surface area contributed by atoms with Crippen molar-refractivity contribution in [3.8, 4) is 17.6 Å². The van der Waals surface area contributed by atoms with Gasteiger partial charge in [0.25, 0.3) is 0 Å². The zero-order valence-electron chi connectivity index (χ0n) is 14.0. The predicted molar refractivity (Wildman–Crippen MR) is 96.6 cm³/mol. The lowest BCUT2D eigenvalue weighted by molar-refractivity contribution is 0.332. The van der Waals surface area contributed by atoms with Crippen molar-refractivity contribution < 1.29 is 17.9 Å². The summed E-state index contributed by atoms with van der Waals surface area (Å²) in [6.45, 7) is 1.97. The number of rotatable bonds is 3. The summed E-state index contributed by atoms with van der Waals surface area (Å²) >= 11 is 0. The van der Waals surface area contributed by atoms with Crippen LogP contribution in [0.5, 0.6) is 5.75 Å². The fourth-order valence-corrected chi connectivity index (χ4v) is 2.41. The molecule has 0 N–H and O–H groups in total. The number of benzene rings is 3. The monoisotopic (exact) mass is 352 g/mol. The molecule has 0 aliphatic heterocycles. The quantitative estimate of drug-likeness (QED) is 0.440. The Labute approximate surface area is 149 Å². The molecule has 0 aliphatic carbocycles. The minimum Gasteiger partial charge on any atom is -0.486 e. The van der Waals surface area contributed by atoms with E-state index in [4.69, 9.17) is 4.74 Å². The van der Waals surface area contributed by atoms with E-state index in [2.05, 4.69) is 11.8 Å². The van der Waals surface area contributed by atoms with Crippen molar-refractivity contribution in [2.24, 2.45) is 0 Å². The van der Waals surface area contributed by atoms with Gasteiger partial charge in [-0.05, 0) is 54.1 Å². The van der Waals surface area contributed by atoms with E-state index in [1.807, 2.05) is 6.92 Å². The van der Waals surface area contributed by atoms with E-state index in [0.717, 1.165) is 10.8 Å². The fraction of sp³-hybridized carbons (Fsp3) is 0.0909. The molecule has 0 atom stereocenters. The minimum absolute atomic E-state index is 0.0555. The Morgan fingerprint density at radius 3 is 2.46 bits per heavy atom. The summed E-state index contributed by atoms with van der Waals surface area (Å²) in [6.07, 6.45) is 3.45. The highest BCUT2D eigenvalue weighted by molar-refractivity contribution is 5.83. The topological polar surface area (TPSA) is 9.23 Å². The maximum atomic E-state index is 14.2. The summed E-state index contributed by atoms with van der Waals surface area (Å²) in [6, 6.07) is 12.4.